The number of hydrogen-bond donors (Lipinski definition) is 1. The van der Waals surface area contributed by atoms with Gasteiger partial charge in [-0.1, -0.05) is 11.6 Å². The lowest BCUT2D eigenvalue weighted by molar-refractivity contribution is 0.534. The van der Waals surface area contributed by atoms with Crippen molar-refractivity contribution in [2.75, 3.05) is 11.9 Å². The summed E-state index contributed by atoms with van der Waals surface area (Å²) in [5, 5.41) is 7.62. The summed E-state index contributed by atoms with van der Waals surface area (Å²) in [7, 11) is 0. The number of nitrogens with zero attached hydrogens (tertiary/aromatic N) is 3. The van der Waals surface area contributed by atoms with Crippen molar-refractivity contribution in [3.8, 4) is 0 Å². The van der Waals surface area contributed by atoms with Crippen molar-refractivity contribution in [3.05, 3.63) is 51.7 Å². The summed E-state index contributed by atoms with van der Waals surface area (Å²) < 4.78 is 1.51. The molecule has 1 N–H and O–H groups in total. The molecule has 110 valence electrons. The topological polar surface area (TPSA) is 59.8 Å². The Labute approximate surface area is 128 Å². The van der Waals surface area contributed by atoms with Gasteiger partial charge in [0.25, 0.3) is 5.56 Å². The molecule has 0 amide bonds. The fourth-order valence-corrected chi connectivity index (χ4v) is 2.38. The fourth-order valence-electron chi connectivity index (χ4n) is 2.18. The maximum absolute atomic E-state index is 12.3. The molecule has 6 heteroatoms. The predicted molar refractivity (Wildman–Crippen MR) is 82.7 cm³/mol. The van der Waals surface area contributed by atoms with Crippen molar-refractivity contribution in [2.45, 2.75) is 25.8 Å². The summed E-state index contributed by atoms with van der Waals surface area (Å²) >= 11 is 6.09. The molecule has 5 nitrogen and oxygen atoms in total. The number of hydrogen-bond acceptors (Lipinski definition) is 4. The first-order valence-corrected chi connectivity index (χ1v) is 7.50. The average molecular weight is 305 g/mol. The molecule has 0 aromatic carbocycles. The summed E-state index contributed by atoms with van der Waals surface area (Å²) in [5.74, 6) is 0.598. The highest BCUT2D eigenvalue weighted by atomic mass is 35.5. The van der Waals surface area contributed by atoms with Crippen LogP contribution in [0.25, 0.3) is 0 Å². The molecular formula is C15H17ClN4O. The van der Waals surface area contributed by atoms with Crippen molar-refractivity contribution >= 4 is 17.3 Å². The second-order valence-corrected chi connectivity index (χ2v) is 5.74. The molecule has 2 aromatic rings. The van der Waals surface area contributed by atoms with Gasteiger partial charge in [-0.2, -0.15) is 5.10 Å². The lowest BCUT2D eigenvalue weighted by Crippen LogP contribution is -2.27. The molecule has 1 fully saturated rings. The van der Waals surface area contributed by atoms with Crippen LogP contribution in [0, 0.1) is 5.92 Å². The summed E-state index contributed by atoms with van der Waals surface area (Å²) in [6, 6.07) is 3.92. The molecule has 0 atom stereocenters. The summed E-state index contributed by atoms with van der Waals surface area (Å²) in [4.78, 5) is 16.3. The Morgan fingerprint density at radius 3 is 2.81 bits per heavy atom. The third-order valence-electron chi connectivity index (χ3n) is 3.59. The van der Waals surface area contributed by atoms with E-state index < -0.39 is 0 Å². The van der Waals surface area contributed by atoms with Crippen LogP contribution in [0.15, 0.2) is 35.5 Å². The largest absolute Gasteiger partial charge is 0.379 e. The first-order valence-electron chi connectivity index (χ1n) is 7.12. The van der Waals surface area contributed by atoms with Crippen LogP contribution < -0.4 is 10.9 Å². The molecule has 1 aliphatic carbocycles. The molecule has 0 aliphatic heterocycles. The van der Waals surface area contributed by atoms with E-state index >= 15 is 0 Å². The SMILES string of the molecule is O=c1c(NCCc2ccncc2)c(Cl)cnn1CC1CC1. The Hall–Kier alpha value is -1.88. The summed E-state index contributed by atoms with van der Waals surface area (Å²) in [5.41, 5.74) is 1.48. The second kappa shape index (κ2) is 6.26. The molecule has 0 radical (unpaired) electrons. The van der Waals surface area contributed by atoms with E-state index in [1.807, 2.05) is 12.1 Å². The fraction of sp³-hybridized carbons (Fsp3) is 0.400. The van der Waals surface area contributed by atoms with Gasteiger partial charge in [0.05, 0.1) is 11.2 Å². The molecular weight excluding hydrogens is 288 g/mol. The number of halogens is 1. The third kappa shape index (κ3) is 3.61. The molecule has 0 unspecified atom stereocenters. The summed E-state index contributed by atoms with van der Waals surface area (Å²) in [6.45, 7) is 1.33. The van der Waals surface area contributed by atoms with Crippen LogP contribution in [0.5, 0.6) is 0 Å². The Bertz CT molecular complexity index is 667. The molecule has 0 bridgehead atoms. The van der Waals surface area contributed by atoms with E-state index in [0.717, 1.165) is 6.42 Å². The van der Waals surface area contributed by atoms with Crippen molar-refractivity contribution in [2.24, 2.45) is 5.92 Å². The number of aromatic nitrogens is 3. The van der Waals surface area contributed by atoms with Crippen molar-refractivity contribution in [1.29, 1.82) is 0 Å². The standard InChI is InChI=1S/C15H17ClN4O/c16-13-9-19-20(10-12-1-2-12)15(21)14(13)18-8-5-11-3-6-17-7-4-11/h3-4,6-7,9,12,18H,1-2,5,8,10H2. The van der Waals surface area contributed by atoms with Crippen LogP contribution in [-0.4, -0.2) is 21.3 Å². The van der Waals surface area contributed by atoms with E-state index in [1.54, 1.807) is 18.6 Å². The van der Waals surface area contributed by atoms with Gasteiger partial charge in [0.15, 0.2) is 0 Å². The Morgan fingerprint density at radius 1 is 1.33 bits per heavy atom. The monoisotopic (exact) mass is 304 g/mol. The molecule has 1 aliphatic rings. The summed E-state index contributed by atoms with van der Waals surface area (Å²) in [6.07, 6.45) is 8.24. The number of rotatable bonds is 6. The van der Waals surface area contributed by atoms with Crippen LogP contribution in [0.3, 0.4) is 0 Å². The van der Waals surface area contributed by atoms with Gasteiger partial charge in [-0.25, -0.2) is 4.68 Å². The zero-order chi connectivity index (χ0) is 14.7. The lowest BCUT2D eigenvalue weighted by Gasteiger charge is -2.10. The average Bonchev–Trinajstić information content (AvgIpc) is 3.31. The van der Waals surface area contributed by atoms with Gasteiger partial charge in [0.1, 0.15) is 5.69 Å². The van der Waals surface area contributed by atoms with E-state index in [4.69, 9.17) is 11.6 Å². The highest BCUT2D eigenvalue weighted by Gasteiger charge is 2.23. The van der Waals surface area contributed by atoms with E-state index in [2.05, 4.69) is 15.4 Å². The van der Waals surface area contributed by atoms with E-state index in [9.17, 15) is 4.79 Å². The maximum atomic E-state index is 12.3. The van der Waals surface area contributed by atoms with Gasteiger partial charge in [0, 0.05) is 25.5 Å². The third-order valence-corrected chi connectivity index (χ3v) is 3.88. The maximum Gasteiger partial charge on any atom is 0.291 e. The molecule has 0 spiro atoms. The Morgan fingerprint density at radius 2 is 2.10 bits per heavy atom. The zero-order valence-electron chi connectivity index (χ0n) is 11.6. The number of pyridine rings is 1. The van der Waals surface area contributed by atoms with Crippen molar-refractivity contribution in [1.82, 2.24) is 14.8 Å². The Kier molecular flexibility index (Phi) is 4.20. The Balaban J connectivity index is 1.67. The molecule has 1 saturated carbocycles. The molecule has 21 heavy (non-hydrogen) atoms. The predicted octanol–water partition coefficient (Wildman–Crippen LogP) is 2.36. The van der Waals surface area contributed by atoms with Crippen molar-refractivity contribution in [3.63, 3.8) is 0 Å². The van der Waals surface area contributed by atoms with Crippen LogP contribution in [-0.2, 0) is 13.0 Å². The van der Waals surface area contributed by atoms with Crippen LogP contribution in [0.4, 0.5) is 5.69 Å². The minimum absolute atomic E-state index is 0.135. The smallest absolute Gasteiger partial charge is 0.291 e. The highest BCUT2D eigenvalue weighted by Crippen LogP contribution is 2.30. The van der Waals surface area contributed by atoms with E-state index in [1.165, 1.54) is 23.1 Å². The first-order chi connectivity index (χ1) is 10.2. The zero-order valence-corrected chi connectivity index (χ0v) is 12.4. The molecule has 0 saturated heterocycles. The van der Waals surface area contributed by atoms with Crippen LogP contribution in [0.1, 0.15) is 18.4 Å². The second-order valence-electron chi connectivity index (χ2n) is 5.33. The van der Waals surface area contributed by atoms with Crippen LogP contribution >= 0.6 is 11.6 Å². The van der Waals surface area contributed by atoms with Gasteiger partial charge in [-0.15, -0.1) is 0 Å². The quantitative estimate of drug-likeness (QED) is 0.890. The van der Waals surface area contributed by atoms with Gasteiger partial charge < -0.3 is 5.32 Å². The minimum atomic E-state index is -0.135. The van der Waals surface area contributed by atoms with E-state index in [0.29, 0.717) is 29.7 Å². The number of anilines is 1. The van der Waals surface area contributed by atoms with Gasteiger partial charge in [-0.3, -0.25) is 9.78 Å². The molecule has 3 rings (SSSR count). The van der Waals surface area contributed by atoms with Gasteiger partial charge >= 0.3 is 0 Å². The van der Waals surface area contributed by atoms with Gasteiger partial charge in [-0.05, 0) is 42.9 Å². The normalized spacial score (nSPS) is 14.1. The first kappa shape index (κ1) is 14.1. The number of nitrogens with one attached hydrogen (secondary N) is 1. The molecule has 2 aromatic heterocycles. The lowest BCUT2D eigenvalue weighted by atomic mass is 10.2. The van der Waals surface area contributed by atoms with E-state index in [-0.39, 0.29) is 5.56 Å². The molecule has 2 heterocycles. The van der Waals surface area contributed by atoms with Gasteiger partial charge in [0.2, 0.25) is 0 Å². The van der Waals surface area contributed by atoms with Crippen LogP contribution in [0.2, 0.25) is 5.02 Å². The highest BCUT2D eigenvalue weighted by molar-refractivity contribution is 6.32. The van der Waals surface area contributed by atoms with Crippen molar-refractivity contribution < 1.29 is 0 Å². The minimum Gasteiger partial charge on any atom is -0.379 e.